The summed E-state index contributed by atoms with van der Waals surface area (Å²) in [7, 11) is 0. The van der Waals surface area contributed by atoms with Crippen LogP contribution in [0.3, 0.4) is 0 Å². The molecule has 0 aromatic heterocycles. The first kappa shape index (κ1) is 12.9. The Morgan fingerprint density at radius 3 is 2.65 bits per heavy atom. The summed E-state index contributed by atoms with van der Waals surface area (Å²) in [5.74, 6) is 1.25. The SMILES string of the molecule is CC(CCN)C(=O)N1CCCC1C1CCCC1. The maximum atomic E-state index is 12.4. The third-order valence-corrected chi connectivity index (χ3v) is 4.55. The molecule has 0 spiro atoms. The fraction of sp³-hybridized carbons (Fsp3) is 0.929. The number of likely N-dealkylation sites (tertiary alicyclic amines) is 1. The summed E-state index contributed by atoms with van der Waals surface area (Å²) in [5, 5.41) is 0. The molecule has 1 amide bonds. The molecule has 2 unspecified atom stereocenters. The van der Waals surface area contributed by atoms with E-state index in [9.17, 15) is 4.79 Å². The van der Waals surface area contributed by atoms with Gasteiger partial charge in [-0.2, -0.15) is 0 Å². The van der Waals surface area contributed by atoms with Gasteiger partial charge in [0.15, 0.2) is 0 Å². The predicted octanol–water partition coefficient (Wildman–Crippen LogP) is 2.15. The van der Waals surface area contributed by atoms with Crippen LogP contribution < -0.4 is 5.73 Å². The summed E-state index contributed by atoms with van der Waals surface area (Å²) in [5.41, 5.74) is 5.55. The summed E-state index contributed by atoms with van der Waals surface area (Å²) in [6.07, 6.45) is 8.64. The summed E-state index contributed by atoms with van der Waals surface area (Å²) < 4.78 is 0. The molecule has 1 aliphatic heterocycles. The van der Waals surface area contributed by atoms with Crippen LogP contribution in [0.25, 0.3) is 0 Å². The third-order valence-electron chi connectivity index (χ3n) is 4.55. The molecule has 2 N–H and O–H groups in total. The highest BCUT2D eigenvalue weighted by atomic mass is 16.2. The molecule has 1 heterocycles. The zero-order valence-electron chi connectivity index (χ0n) is 11.0. The molecule has 3 nitrogen and oxygen atoms in total. The first-order valence-corrected chi connectivity index (χ1v) is 7.24. The number of nitrogens with two attached hydrogens (primary N) is 1. The van der Waals surface area contributed by atoms with E-state index >= 15 is 0 Å². The van der Waals surface area contributed by atoms with Crippen molar-refractivity contribution in [1.29, 1.82) is 0 Å². The number of rotatable bonds is 4. The van der Waals surface area contributed by atoms with Gasteiger partial charge in [0.25, 0.3) is 0 Å². The molecule has 98 valence electrons. The Hall–Kier alpha value is -0.570. The minimum Gasteiger partial charge on any atom is -0.339 e. The zero-order chi connectivity index (χ0) is 12.3. The number of amides is 1. The molecule has 3 heteroatoms. The Morgan fingerprint density at radius 1 is 1.29 bits per heavy atom. The zero-order valence-corrected chi connectivity index (χ0v) is 11.0. The van der Waals surface area contributed by atoms with E-state index in [4.69, 9.17) is 5.73 Å². The van der Waals surface area contributed by atoms with E-state index < -0.39 is 0 Å². The molecule has 1 saturated carbocycles. The molecular formula is C14H26N2O. The van der Waals surface area contributed by atoms with Gasteiger partial charge in [-0.3, -0.25) is 4.79 Å². The van der Waals surface area contributed by atoms with Crippen LogP contribution in [0.15, 0.2) is 0 Å². The lowest BCUT2D eigenvalue weighted by molar-refractivity contribution is -0.136. The Balaban J connectivity index is 1.96. The van der Waals surface area contributed by atoms with Gasteiger partial charge in [0.05, 0.1) is 0 Å². The standard InChI is InChI=1S/C14H26N2O/c1-11(8-9-15)14(17)16-10-4-7-13(16)12-5-2-3-6-12/h11-13H,2-10,15H2,1H3. The van der Waals surface area contributed by atoms with E-state index in [-0.39, 0.29) is 5.92 Å². The second kappa shape index (κ2) is 5.85. The topological polar surface area (TPSA) is 46.3 Å². The number of hydrogen-bond acceptors (Lipinski definition) is 2. The van der Waals surface area contributed by atoms with Gasteiger partial charge in [0, 0.05) is 18.5 Å². The van der Waals surface area contributed by atoms with Crippen molar-refractivity contribution < 1.29 is 4.79 Å². The van der Waals surface area contributed by atoms with Gasteiger partial charge in [-0.15, -0.1) is 0 Å². The van der Waals surface area contributed by atoms with Crippen LogP contribution in [0, 0.1) is 11.8 Å². The Bertz CT molecular complexity index is 261. The summed E-state index contributed by atoms with van der Waals surface area (Å²) >= 11 is 0. The lowest BCUT2D eigenvalue weighted by atomic mass is 9.95. The monoisotopic (exact) mass is 238 g/mol. The first-order valence-electron chi connectivity index (χ1n) is 7.24. The molecule has 0 aromatic rings. The van der Waals surface area contributed by atoms with Crippen LogP contribution in [0.2, 0.25) is 0 Å². The molecule has 0 radical (unpaired) electrons. The van der Waals surface area contributed by atoms with Gasteiger partial charge in [0.2, 0.25) is 5.91 Å². The van der Waals surface area contributed by atoms with Crippen LogP contribution in [0.4, 0.5) is 0 Å². The van der Waals surface area contributed by atoms with Crippen molar-refractivity contribution in [2.24, 2.45) is 17.6 Å². The maximum Gasteiger partial charge on any atom is 0.225 e. The van der Waals surface area contributed by atoms with E-state index in [1.165, 1.54) is 38.5 Å². The minimum atomic E-state index is 0.113. The molecule has 17 heavy (non-hydrogen) atoms. The van der Waals surface area contributed by atoms with Crippen molar-refractivity contribution in [3.8, 4) is 0 Å². The fourth-order valence-electron chi connectivity index (χ4n) is 3.55. The van der Waals surface area contributed by atoms with Gasteiger partial charge >= 0.3 is 0 Å². The average Bonchev–Trinajstić information content (AvgIpc) is 2.98. The normalized spacial score (nSPS) is 27.6. The van der Waals surface area contributed by atoms with E-state index in [2.05, 4.69) is 4.90 Å². The van der Waals surface area contributed by atoms with Crippen LogP contribution in [-0.4, -0.2) is 29.9 Å². The second-order valence-electron chi connectivity index (χ2n) is 5.76. The molecule has 2 aliphatic rings. The van der Waals surface area contributed by atoms with Gasteiger partial charge in [-0.25, -0.2) is 0 Å². The second-order valence-corrected chi connectivity index (χ2v) is 5.76. The summed E-state index contributed by atoms with van der Waals surface area (Å²) in [4.78, 5) is 14.5. The van der Waals surface area contributed by atoms with Crippen LogP contribution in [0.5, 0.6) is 0 Å². The number of carbonyl (C=O) groups excluding carboxylic acids is 1. The van der Waals surface area contributed by atoms with Gasteiger partial charge in [-0.05, 0) is 44.6 Å². The van der Waals surface area contributed by atoms with Crippen LogP contribution in [0.1, 0.15) is 51.9 Å². The van der Waals surface area contributed by atoms with Crippen molar-refractivity contribution in [3.63, 3.8) is 0 Å². The molecule has 2 atom stereocenters. The molecule has 2 rings (SSSR count). The highest BCUT2D eigenvalue weighted by Crippen LogP contribution is 2.36. The Kier molecular flexibility index (Phi) is 4.43. The quantitative estimate of drug-likeness (QED) is 0.815. The maximum absolute atomic E-state index is 12.4. The number of nitrogens with zero attached hydrogens (tertiary/aromatic N) is 1. The first-order chi connectivity index (χ1) is 8.24. The van der Waals surface area contributed by atoms with Gasteiger partial charge < -0.3 is 10.6 Å². The fourth-order valence-corrected chi connectivity index (χ4v) is 3.55. The minimum absolute atomic E-state index is 0.113. The largest absolute Gasteiger partial charge is 0.339 e. The Morgan fingerprint density at radius 2 is 2.00 bits per heavy atom. The lowest BCUT2D eigenvalue weighted by Crippen LogP contribution is -2.42. The molecule has 1 saturated heterocycles. The van der Waals surface area contributed by atoms with Crippen LogP contribution >= 0.6 is 0 Å². The van der Waals surface area contributed by atoms with Crippen LogP contribution in [-0.2, 0) is 4.79 Å². The molecule has 0 bridgehead atoms. The summed E-state index contributed by atoms with van der Waals surface area (Å²) in [6.45, 7) is 3.63. The average molecular weight is 238 g/mol. The van der Waals surface area contributed by atoms with Crippen molar-refractivity contribution in [2.75, 3.05) is 13.1 Å². The molecule has 2 fully saturated rings. The highest BCUT2D eigenvalue weighted by Gasteiger charge is 2.36. The summed E-state index contributed by atoms with van der Waals surface area (Å²) in [6, 6.07) is 0.547. The predicted molar refractivity (Wildman–Crippen MR) is 69.5 cm³/mol. The van der Waals surface area contributed by atoms with Crippen molar-refractivity contribution in [1.82, 2.24) is 4.90 Å². The Labute approximate surface area is 105 Å². The third kappa shape index (κ3) is 2.82. The van der Waals surface area contributed by atoms with Crippen molar-refractivity contribution >= 4 is 5.91 Å². The molecular weight excluding hydrogens is 212 g/mol. The van der Waals surface area contributed by atoms with E-state index in [1.54, 1.807) is 0 Å². The van der Waals surface area contributed by atoms with Gasteiger partial charge in [0.1, 0.15) is 0 Å². The van der Waals surface area contributed by atoms with Gasteiger partial charge in [-0.1, -0.05) is 19.8 Å². The molecule has 1 aliphatic carbocycles. The van der Waals surface area contributed by atoms with E-state index in [0.29, 0.717) is 18.5 Å². The number of hydrogen-bond donors (Lipinski definition) is 1. The lowest BCUT2D eigenvalue weighted by Gasteiger charge is -2.31. The van der Waals surface area contributed by atoms with E-state index in [1.807, 2.05) is 6.92 Å². The smallest absolute Gasteiger partial charge is 0.225 e. The highest BCUT2D eigenvalue weighted by molar-refractivity contribution is 5.79. The van der Waals surface area contributed by atoms with Crippen molar-refractivity contribution in [2.45, 2.75) is 57.9 Å². The molecule has 0 aromatic carbocycles. The number of carbonyl (C=O) groups is 1. The van der Waals surface area contributed by atoms with Crippen molar-refractivity contribution in [3.05, 3.63) is 0 Å². The van der Waals surface area contributed by atoms with E-state index in [0.717, 1.165) is 18.9 Å².